The number of likely N-dealkylation sites (tertiary alicyclic amines) is 1. The van der Waals surface area contributed by atoms with Gasteiger partial charge < -0.3 is 5.32 Å². The number of carbonyl (C=O) groups is 1. The van der Waals surface area contributed by atoms with Crippen molar-refractivity contribution in [3.05, 3.63) is 75.8 Å². The molecule has 5 rings (SSSR count). The van der Waals surface area contributed by atoms with Crippen molar-refractivity contribution in [3.63, 3.8) is 0 Å². The minimum atomic E-state index is -0.0785. The van der Waals surface area contributed by atoms with Gasteiger partial charge in [0.25, 0.3) is 11.5 Å². The molecule has 2 aliphatic rings. The zero-order valence-corrected chi connectivity index (χ0v) is 18.4. The zero-order valence-electron chi connectivity index (χ0n) is 18.4. The quantitative estimate of drug-likeness (QED) is 0.688. The molecule has 0 saturated carbocycles. The number of hydrogen-bond acceptors (Lipinski definition) is 4. The summed E-state index contributed by atoms with van der Waals surface area (Å²) in [6, 6.07) is 16.0. The van der Waals surface area contributed by atoms with Gasteiger partial charge in [0.05, 0.1) is 10.9 Å². The van der Waals surface area contributed by atoms with Crippen LogP contribution in [0.2, 0.25) is 0 Å². The van der Waals surface area contributed by atoms with E-state index in [0.29, 0.717) is 16.5 Å². The van der Waals surface area contributed by atoms with E-state index < -0.39 is 0 Å². The molecule has 1 saturated heterocycles. The maximum absolute atomic E-state index is 12.9. The lowest BCUT2D eigenvalue weighted by Crippen LogP contribution is -2.44. The molecule has 3 heterocycles. The van der Waals surface area contributed by atoms with E-state index in [0.717, 1.165) is 70.5 Å². The monoisotopic (exact) mass is 430 g/mol. The van der Waals surface area contributed by atoms with Crippen LogP contribution in [0, 0.1) is 0 Å². The fourth-order valence-electron chi connectivity index (χ4n) is 4.91. The van der Waals surface area contributed by atoms with Gasteiger partial charge in [0, 0.05) is 44.2 Å². The van der Waals surface area contributed by atoms with Crippen molar-refractivity contribution in [3.8, 4) is 0 Å². The smallest absolute Gasteiger partial charge is 0.261 e. The van der Waals surface area contributed by atoms with Crippen LogP contribution >= 0.6 is 0 Å². The van der Waals surface area contributed by atoms with Crippen molar-refractivity contribution in [2.45, 2.75) is 57.7 Å². The number of hydrogen-bond donors (Lipinski definition) is 1. The van der Waals surface area contributed by atoms with Crippen LogP contribution in [-0.4, -0.2) is 39.5 Å². The normalized spacial score (nSPS) is 17.6. The molecule has 0 atom stereocenters. The lowest BCUT2D eigenvalue weighted by molar-refractivity contribution is 0.0909. The van der Waals surface area contributed by atoms with E-state index in [2.05, 4.69) is 34.5 Å². The summed E-state index contributed by atoms with van der Waals surface area (Å²) in [5.74, 6) is 0.772. The van der Waals surface area contributed by atoms with Crippen LogP contribution in [0.4, 0.5) is 0 Å². The van der Waals surface area contributed by atoms with Crippen LogP contribution in [0.5, 0.6) is 0 Å². The molecule has 0 bridgehead atoms. The van der Waals surface area contributed by atoms with E-state index >= 15 is 0 Å². The molecule has 1 amide bonds. The first-order chi connectivity index (χ1) is 15.7. The van der Waals surface area contributed by atoms with Crippen LogP contribution in [0.15, 0.2) is 53.3 Å². The summed E-state index contributed by atoms with van der Waals surface area (Å²) in [6.07, 6.45) is 5.91. The highest BCUT2D eigenvalue weighted by atomic mass is 16.1. The van der Waals surface area contributed by atoms with Gasteiger partial charge in [-0.25, -0.2) is 4.98 Å². The number of aryl methyl sites for hydroxylation is 1. The SMILES string of the molecule is O=C(NC1CCN(Cc2ccccc2)CC1)c1ccc2c(=O)n3c(nc2c1)CCCCC3. The van der Waals surface area contributed by atoms with Gasteiger partial charge in [-0.3, -0.25) is 19.1 Å². The Morgan fingerprint density at radius 1 is 1.00 bits per heavy atom. The van der Waals surface area contributed by atoms with E-state index in [-0.39, 0.29) is 17.5 Å². The molecular weight excluding hydrogens is 400 g/mol. The molecule has 0 radical (unpaired) electrons. The first kappa shape index (κ1) is 20.9. The van der Waals surface area contributed by atoms with Crippen molar-refractivity contribution < 1.29 is 4.79 Å². The summed E-state index contributed by atoms with van der Waals surface area (Å²) >= 11 is 0. The number of piperidine rings is 1. The number of benzene rings is 2. The minimum absolute atomic E-state index is 0.0182. The van der Waals surface area contributed by atoms with Crippen LogP contribution < -0.4 is 10.9 Å². The number of carbonyl (C=O) groups excluding carboxylic acids is 1. The molecule has 1 N–H and O–H groups in total. The second-order valence-electron chi connectivity index (χ2n) is 9.04. The van der Waals surface area contributed by atoms with Gasteiger partial charge in [-0.15, -0.1) is 0 Å². The molecular formula is C26H30N4O2. The Hall–Kier alpha value is -2.99. The molecule has 32 heavy (non-hydrogen) atoms. The maximum Gasteiger partial charge on any atom is 0.261 e. The standard InChI is InChI=1S/C26H30N4O2/c31-25(27-21-12-15-29(16-13-21)18-19-7-3-1-4-8-19)20-10-11-22-23(17-20)28-24-9-5-2-6-14-30(24)26(22)32/h1,3-4,7-8,10-11,17,21H,2,5-6,9,12-16,18H2,(H,27,31). The lowest BCUT2D eigenvalue weighted by Gasteiger charge is -2.32. The molecule has 1 aromatic heterocycles. The highest BCUT2D eigenvalue weighted by Crippen LogP contribution is 2.18. The van der Waals surface area contributed by atoms with Crippen molar-refractivity contribution in [1.29, 1.82) is 0 Å². The summed E-state index contributed by atoms with van der Waals surface area (Å²) in [5.41, 5.74) is 2.56. The highest BCUT2D eigenvalue weighted by molar-refractivity contribution is 5.97. The Kier molecular flexibility index (Phi) is 6.04. The molecule has 1 fully saturated rings. The molecule has 3 aromatic rings. The molecule has 2 aromatic carbocycles. The number of rotatable bonds is 4. The number of nitrogens with one attached hydrogen (secondary N) is 1. The Bertz CT molecular complexity index is 1160. The Balaban J connectivity index is 1.25. The van der Waals surface area contributed by atoms with E-state index in [9.17, 15) is 9.59 Å². The highest BCUT2D eigenvalue weighted by Gasteiger charge is 2.22. The summed E-state index contributed by atoms with van der Waals surface area (Å²) in [6.45, 7) is 3.64. The Morgan fingerprint density at radius 3 is 2.62 bits per heavy atom. The lowest BCUT2D eigenvalue weighted by atomic mass is 10.0. The number of fused-ring (bicyclic) bond motifs is 2. The van der Waals surface area contributed by atoms with E-state index in [4.69, 9.17) is 4.98 Å². The topological polar surface area (TPSA) is 67.2 Å². The largest absolute Gasteiger partial charge is 0.349 e. The third-order valence-electron chi connectivity index (χ3n) is 6.75. The summed E-state index contributed by atoms with van der Waals surface area (Å²) in [5, 5.41) is 3.79. The van der Waals surface area contributed by atoms with Crippen LogP contribution in [0.1, 0.15) is 53.8 Å². The van der Waals surface area contributed by atoms with Gasteiger partial charge in [-0.1, -0.05) is 36.8 Å². The molecule has 6 heteroatoms. The van der Waals surface area contributed by atoms with Crippen LogP contribution in [-0.2, 0) is 19.5 Å². The van der Waals surface area contributed by atoms with Crippen molar-refractivity contribution in [2.24, 2.45) is 0 Å². The summed E-state index contributed by atoms with van der Waals surface area (Å²) in [7, 11) is 0. The van der Waals surface area contributed by atoms with Crippen LogP contribution in [0.3, 0.4) is 0 Å². The predicted octanol–water partition coefficient (Wildman–Crippen LogP) is 3.52. The van der Waals surface area contributed by atoms with Crippen molar-refractivity contribution in [1.82, 2.24) is 19.8 Å². The second-order valence-corrected chi connectivity index (χ2v) is 9.04. The van der Waals surface area contributed by atoms with Gasteiger partial charge in [-0.2, -0.15) is 0 Å². The van der Waals surface area contributed by atoms with E-state index in [1.54, 1.807) is 18.2 Å². The average Bonchev–Trinajstić information content (AvgIpc) is 3.06. The van der Waals surface area contributed by atoms with Gasteiger partial charge in [0.1, 0.15) is 5.82 Å². The fraction of sp³-hybridized carbons (Fsp3) is 0.423. The molecule has 6 nitrogen and oxygen atoms in total. The van der Waals surface area contributed by atoms with Gasteiger partial charge in [0.15, 0.2) is 0 Å². The maximum atomic E-state index is 12.9. The van der Waals surface area contributed by atoms with Gasteiger partial charge in [-0.05, 0) is 49.4 Å². The van der Waals surface area contributed by atoms with Crippen molar-refractivity contribution >= 4 is 16.8 Å². The molecule has 0 unspecified atom stereocenters. The van der Waals surface area contributed by atoms with Gasteiger partial charge in [0.2, 0.25) is 0 Å². The first-order valence-corrected chi connectivity index (χ1v) is 11.8. The summed E-state index contributed by atoms with van der Waals surface area (Å²) in [4.78, 5) is 33.0. The average molecular weight is 431 g/mol. The minimum Gasteiger partial charge on any atom is -0.349 e. The predicted molar refractivity (Wildman–Crippen MR) is 126 cm³/mol. The Labute approximate surface area is 188 Å². The zero-order chi connectivity index (χ0) is 21.9. The van der Waals surface area contributed by atoms with E-state index in [1.807, 2.05) is 10.6 Å². The number of nitrogens with zero attached hydrogens (tertiary/aromatic N) is 3. The third-order valence-corrected chi connectivity index (χ3v) is 6.75. The summed E-state index contributed by atoms with van der Waals surface area (Å²) < 4.78 is 1.82. The third kappa shape index (κ3) is 4.46. The number of aromatic nitrogens is 2. The molecule has 0 aliphatic carbocycles. The van der Waals surface area contributed by atoms with Crippen LogP contribution in [0.25, 0.3) is 10.9 Å². The first-order valence-electron chi connectivity index (χ1n) is 11.8. The van der Waals surface area contributed by atoms with Gasteiger partial charge >= 0.3 is 0 Å². The fourth-order valence-corrected chi connectivity index (χ4v) is 4.91. The van der Waals surface area contributed by atoms with E-state index in [1.165, 1.54) is 5.56 Å². The molecule has 2 aliphatic heterocycles. The number of amides is 1. The molecule has 0 spiro atoms. The second kappa shape index (κ2) is 9.25. The molecule has 166 valence electrons. The Morgan fingerprint density at radius 2 is 1.81 bits per heavy atom. The van der Waals surface area contributed by atoms with Crippen molar-refractivity contribution in [2.75, 3.05) is 13.1 Å².